The second kappa shape index (κ2) is 5.89. The van der Waals surface area contributed by atoms with Gasteiger partial charge in [0.2, 0.25) is 0 Å². The summed E-state index contributed by atoms with van der Waals surface area (Å²) >= 11 is 1.62. The Hall–Kier alpha value is -1.46. The maximum absolute atomic E-state index is 6.13. The van der Waals surface area contributed by atoms with Crippen LogP contribution in [-0.4, -0.2) is 40.6 Å². The molecule has 5 heteroatoms. The maximum atomic E-state index is 6.13. The summed E-state index contributed by atoms with van der Waals surface area (Å²) in [6, 6.07) is 3.96. The summed E-state index contributed by atoms with van der Waals surface area (Å²) in [7, 11) is 0. The standard InChI is InChI=1S/C15H19N3OS/c1-3-18-8-6-13(10-18)19-15-11(2)17-14(20-15)12-5-4-7-16-9-12/h4-5,7,9,13H,3,6,8,10H2,1-2H3. The molecule has 3 rings (SSSR count). The van der Waals surface area contributed by atoms with Crippen molar-refractivity contribution in [3.63, 3.8) is 0 Å². The molecule has 1 unspecified atom stereocenters. The molecule has 106 valence electrons. The molecule has 0 spiro atoms. The first kappa shape index (κ1) is 13.5. The number of nitrogens with zero attached hydrogens (tertiary/aromatic N) is 3. The third-order valence-electron chi connectivity index (χ3n) is 3.61. The van der Waals surface area contributed by atoms with Gasteiger partial charge in [-0.2, -0.15) is 0 Å². The second-order valence-electron chi connectivity index (χ2n) is 5.06. The van der Waals surface area contributed by atoms with E-state index in [9.17, 15) is 0 Å². The minimum absolute atomic E-state index is 0.302. The van der Waals surface area contributed by atoms with Crippen LogP contribution in [0.25, 0.3) is 10.6 Å². The Kier molecular flexibility index (Phi) is 3.98. The van der Waals surface area contributed by atoms with Crippen molar-refractivity contribution in [2.24, 2.45) is 0 Å². The molecule has 1 aliphatic heterocycles. The van der Waals surface area contributed by atoms with E-state index < -0.39 is 0 Å². The monoisotopic (exact) mass is 289 g/mol. The number of ether oxygens (including phenoxy) is 1. The van der Waals surface area contributed by atoms with E-state index >= 15 is 0 Å². The molecule has 20 heavy (non-hydrogen) atoms. The largest absolute Gasteiger partial charge is 0.478 e. The number of rotatable bonds is 4. The first-order valence-electron chi connectivity index (χ1n) is 7.03. The number of thiazole rings is 1. The Morgan fingerprint density at radius 1 is 1.50 bits per heavy atom. The summed E-state index contributed by atoms with van der Waals surface area (Å²) in [5.74, 6) is 0. The van der Waals surface area contributed by atoms with Crippen LogP contribution in [0.2, 0.25) is 0 Å². The number of hydrogen-bond acceptors (Lipinski definition) is 5. The van der Waals surface area contributed by atoms with Crippen LogP contribution in [0.1, 0.15) is 19.0 Å². The molecular weight excluding hydrogens is 270 g/mol. The molecule has 1 aliphatic rings. The van der Waals surface area contributed by atoms with Crippen LogP contribution in [0, 0.1) is 6.92 Å². The zero-order valence-corrected chi connectivity index (χ0v) is 12.7. The Morgan fingerprint density at radius 3 is 3.10 bits per heavy atom. The smallest absolute Gasteiger partial charge is 0.197 e. The van der Waals surface area contributed by atoms with E-state index in [4.69, 9.17) is 4.74 Å². The minimum Gasteiger partial charge on any atom is -0.478 e. The van der Waals surface area contributed by atoms with Crippen molar-refractivity contribution in [1.82, 2.24) is 14.9 Å². The van der Waals surface area contributed by atoms with Crippen molar-refractivity contribution in [3.8, 4) is 15.6 Å². The molecule has 1 atom stereocenters. The lowest BCUT2D eigenvalue weighted by molar-refractivity contribution is 0.207. The van der Waals surface area contributed by atoms with Gasteiger partial charge in [-0.25, -0.2) is 4.98 Å². The summed E-state index contributed by atoms with van der Waals surface area (Å²) in [5, 5.41) is 1.93. The molecule has 0 amide bonds. The van der Waals surface area contributed by atoms with Gasteiger partial charge in [-0.3, -0.25) is 9.88 Å². The minimum atomic E-state index is 0.302. The molecule has 1 saturated heterocycles. The van der Waals surface area contributed by atoms with Gasteiger partial charge >= 0.3 is 0 Å². The molecule has 0 aromatic carbocycles. The highest BCUT2D eigenvalue weighted by atomic mass is 32.1. The summed E-state index contributed by atoms with van der Waals surface area (Å²) in [5.41, 5.74) is 2.03. The third-order valence-corrected chi connectivity index (χ3v) is 4.71. The summed E-state index contributed by atoms with van der Waals surface area (Å²) < 4.78 is 6.13. The van der Waals surface area contributed by atoms with E-state index in [1.165, 1.54) is 0 Å². The number of pyridine rings is 1. The van der Waals surface area contributed by atoms with Crippen LogP contribution in [0.3, 0.4) is 0 Å². The van der Waals surface area contributed by atoms with Crippen LogP contribution >= 0.6 is 11.3 Å². The molecular formula is C15H19N3OS. The second-order valence-corrected chi connectivity index (χ2v) is 6.02. The lowest BCUT2D eigenvalue weighted by Crippen LogP contribution is -2.24. The third kappa shape index (κ3) is 2.83. The molecule has 0 radical (unpaired) electrons. The fourth-order valence-corrected chi connectivity index (χ4v) is 3.41. The molecule has 4 nitrogen and oxygen atoms in total. The molecule has 0 N–H and O–H groups in total. The van der Waals surface area contributed by atoms with E-state index in [0.29, 0.717) is 6.10 Å². The van der Waals surface area contributed by atoms with Crippen LogP contribution in [0.4, 0.5) is 0 Å². The molecule has 0 bridgehead atoms. The average molecular weight is 289 g/mol. The topological polar surface area (TPSA) is 38.2 Å². The zero-order valence-electron chi connectivity index (χ0n) is 11.9. The zero-order chi connectivity index (χ0) is 13.9. The summed E-state index contributed by atoms with van der Waals surface area (Å²) in [6.07, 6.45) is 5.03. The lowest BCUT2D eigenvalue weighted by atomic mass is 10.3. The Bertz CT molecular complexity index is 570. The predicted molar refractivity (Wildman–Crippen MR) is 81.2 cm³/mol. The van der Waals surface area contributed by atoms with Gasteiger partial charge in [0.15, 0.2) is 5.06 Å². The first-order chi connectivity index (χ1) is 9.76. The van der Waals surface area contributed by atoms with Crippen molar-refractivity contribution in [2.75, 3.05) is 19.6 Å². The molecule has 0 aliphatic carbocycles. The van der Waals surface area contributed by atoms with E-state index in [1.807, 2.05) is 25.3 Å². The normalized spacial score (nSPS) is 19.4. The molecule has 2 aromatic rings. The number of aromatic nitrogens is 2. The van der Waals surface area contributed by atoms with Crippen LogP contribution in [0.15, 0.2) is 24.5 Å². The number of aryl methyl sites for hydroxylation is 1. The van der Waals surface area contributed by atoms with Gasteiger partial charge in [0.1, 0.15) is 11.1 Å². The molecule has 2 aromatic heterocycles. The van der Waals surface area contributed by atoms with Gasteiger partial charge in [-0.15, -0.1) is 0 Å². The first-order valence-corrected chi connectivity index (χ1v) is 7.84. The van der Waals surface area contributed by atoms with E-state index in [1.54, 1.807) is 17.5 Å². The van der Waals surface area contributed by atoms with Crippen LogP contribution in [-0.2, 0) is 0 Å². The maximum Gasteiger partial charge on any atom is 0.197 e. The van der Waals surface area contributed by atoms with Crippen molar-refractivity contribution >= 4 is 11.3 Å². The van der Waals surface area contributed by atoms with E-state index in [-0.39, 0.29) is 0 Å². The Balaban J connectivity index is 1.73. The number of hydrogen-bond donors (Lipinski definition) is 0. The van der Waals surface area contributed by atoms with Gasteiger partial charge < -0.3 is 4.74 Å². The van der Waals surface area contributed by atoms with Gasteiger partial charge in [0.05, 0.1) is 5.69 Å². The SMILES string of the molecule is CCN1CCC(Oc2sc(-c3cccnc3)nc2C)C1. The average Bonchev–Trinajstić information content (AvgIpc) is 3.08. The molecule has 1 fully saturated rings. The van der Waals surface area contributed by atoms with Crippen LogP contribution in [0.5, 0.6) is 5.06 Å². The highest BCUT2D eigenvalue weighted by Gasteiger charge is 2.24. The van der Waals surface area contributed by atoms with Crippen molar-refractivity contribution in [3.05, 3.63) is 30.2 Å². The van der Waals surface area contributed by atoms with E-state index in [0.717, 1.165) is 47.4 Å². The van der Waals surface area contributed by atoms with Gasteiger partial charge in [-0.1, -0.05) is 18.3 Å². The number of likely N-dealkylation sites (N-methyl/N-ethyl adjacent to an activating group) is 1. The van der Waals surface area contributed by atoms with Crippen LogP contribution < -0.4 is 4.74 Å². The van der Waals surface area contributed by atoms with Gasteiger partial charge in [-0.05, 0) is 32.0 Å². The summed E-state index contributed by atoms with van der Waals surface area (Å²) in [4.78, 5) is 11.2. The predicted octanol–water partition coefficient (Wildman–Crippen LogP) is 2.99. The van der Waals surface area contributed by atoms with Gasteiger partial charge in [0.25, 0.3) is 0 Å². The van der Waals surface area contributed by atoms with Gasteiger partial charge in [0, 0.05) is 31.0 Å². The van der Waals surface area contributed by atoms with E-state index in [2.05, 4.69) is 21.8 Å². The highest BCUT2D eigenvalue weighted by molar-refractivity contribution is 7.17. The fraction of sp³-hybridized carbons (Fsp3) is 0.467. The fourth-order valence-electron chi connectivity index (χ4n) is 2.44. The molecule has 3 heterocycles. The Labute approximate surface area is 123 Å². The molecule has 0 saturated carbocycles. The lowest BCUT2D eigenvalue weighted by Gasteiger charge is -2.14. The quantitative estimate of drug-likeness (QED) is 0.867. The van der Waals surface area contributed by atoms with Crippen molar-refractivity contribution in [1.29, 1.82) is 0 Å². The van der Waals surface area contributed by atoms with Crippen molar-refractivity contribution < 1.29 is 4.74 Å². The van der Waals surface area contributed by atoms with Crippen molar-refractivity contribution in [2.45, 2.75) is 26.4 Å². The Morgan fingerprint density at radius 2 is 2.40 bits per heavy atom. The number of likely N-dealkylation sites (tertiary alicyclic amines) is 1. The highest BCUT2D eigenvalue weighted by Crippen LogP contribution is 2.34. The summed E-state index contributed by atoms with van der Waals surface area (Å²) in [6.45, 7) is 7.46.